The maximum Gasteiger partial charge on any atom is 0.341 e. The third kappa shape index (κ3) is 4.77. The van der Waals surface area contributed by atoms with Crippen molar-refractivity contribution in [2.75, 3.05) is 25.8 Å². The Hall–Kier alpha value is -5.18. The van der Waals surface area contributed by atoms with Gasteiger partial charge in [-0.2, -0.15) is 0 Å². The van der Waals surface area contributed by atoms with Gasteiger partial charge in [-0.05, 0) is 59.5 Å². The molecule has 0 radical (unpaired) electrons. The Bertz CT molecular complexity index is 1870. The van der Waals surface area contributed by atoms with E-state index in [4.69, 9.17) is 9.15 Å². The minimum atomic E-state index is -1.25. The van der Waals surface area contributed by atoms with Gasteiger partial charge in [0.1, 0.15) is 11.2 Å². The van der Waals surface area contributed by atoms with Crippen LogP contribution in [0.25, 0.3) is 43.8 Å². The van der Waals surface area contributed by atoms with E-state index in [1.807, 2.05) is 37.2 Å². The quantitative estimate of drug-likeness (QED) is 0.138. The van der Waals surface area contributed by atoms with Crippen LogP contribution >= 0.6 is 0 Å². The Morgan fingerprint density at radius 2 is 1.62 bits per heavy atom. The number of nitrogens with zero attached hydrogens (tertiary/aromatic N) is 1. The number of benzene rings is 4. The predicted molar refractivity (Wildman–Crippen MR) is 146 cm³/mol. The van der Waals surface area contributed by atoms with Crippen LogP contribution in [-0.4, -0.2) is 43.9 Å². The molecule has 0 spiro atoms. The maximum absolute atomic E-state index is 12.5. The topological polar surface area (TPSA) is 123 Å². The third-order valence-corrected chi connectivity index (χ3v) is 6.38. The average molecular weight is 526 g/mol. The summed E-state index contributed by atoms with van der Waals surface area (Å²) >= 11 is 0. The second-order valence-corrected chi connectivity index (χ2v) is 9.13. The lowest BCUT2D eigenvalue weighted by Crippen LogP contribution is -2.12. The molecule has 1 N–H and O–H groups in total. The van der Waals surface area contributed by atoms with Crippen molar-refractivity contribution in [1.82, 2.24) is 0 Å². The van der Waals surface area contributed by atoms with Gasteiger partial charge in [0, 0.05) is 54.5 Å². The molecule has 0 unspecified atom stereocenters. The number of anilines is 1. The molecular formula is C30H23NO8. The predicted octanol–water partition coefficient (Wildman–Crippen LogP) is 5.21. The van der Waals surface area contributed by atoms with E-state index < -0.39 is 24.7 Å². The van der Waals surface area contributed by atoms with E-state index in [-0.39, 0.29) is 16.6 Å². The van der Waals surface area contributed by atoms with Crippen molar-refractivity contribution >= 4 is 56.3 Å². The van der Waals surface area contributed by atoms with E-state index in [1.54, 1.807) is 24.3 Å². The highest BCUT2D eigenvalue weighted by Gasteiger charge is 2.22. The lowest BCUT2D eigenvalue weighted by molar-refractivity contribution is -0.149. The average Bonchev–Trinajstić information content (AvgIpc) is 2.90. The monoisotopic (exact) mass is 525 g/mol. The van der Waals surface area contributed by atoms with Crippen molar-refractivity contribution in [3.05, 3.63) is 88.1 Å². The lowest BCUT2D eigenvalue weighted by Gasteiger charge is -2.17. The molecule has 1 heterocycles. The van der Waals surface area contributed by atoms with E-state index in [9.17, 15) is 24.3 Å². The van der Waals surface area contributed by atoms with Gasteiger partial charge in [0.05, 0.1) is 11.1 Å². The van der Waals surface area contributed by atoms with Crippen LogP contribution in [0, 0.1) is 0 Å². The largest absolute Gasteiger partial charge is 0.478 e. The molecule has 0 aliphatic rings. The Labute approximate surface area is 221 Å². The summed E-state index contributed by atoms with van der Waals surface area (Å²) in [5.41, 5.74) is 2.57. The summed E-state index contributed by atoms with van der Waals surface area (Å²) < 4.78 is 16.0. The fourth-order valence-electron chi connectivity index (χ4n) is 4.53. The number of carbonyl (C=O) groups excluding carboxylic acids is 2. The molecule has 0 atom stereocenters. The zero-order chi connectivity index (χ0) is 27.8. The Morgan fingerprint density at radius 1 is 0.872 bits per heavy atom. The molecule has 9 heteroatoms. The summed E-state index contributed by atoms with van der Waals surface area (Å²) in [7, 11) is 3.80. The normalized spacial score (nSPS) is 11.1. The van der Waals surface area contributed by atoms with Crippen LogP contribution in [0.2, 0.25) is 0 Å². The van der Waals surface area contributed by atoms with Crippen LogP contribution < -0.4 is 10.3 Å². The molecular weight excluding hydrogens is 502 g/mol. The van der Waals surface area contributed by atoms with Crippen molar-refractivity contribution in [3.8, 4) is 11.1 Å². The molecule has 0 fully saturated rings. The van der Waals surface area contributed by atoms with E-state index in [0.29, 0.717) is 43.8 Å². The van der Waals surface area contributed by atoms with Gasteiger partial charge in [0.25, 0.3) is 0 Å². The Balaban J connectivity index is 1.79. The fraction of sp³-hybridized carbons (Fsp3) is 0.133. The molecule has 0 bridgehead atoms. The van der Waals surface area contributed by atoms with Crippen molar-refractivity contribution in [1.29, 1.82) is 0 Å². The number of fused-ring (bicyclic) bond motifs is 4. The molecule has 0 amide bonds. The van der Waals surface area contributed by atoms with Gasteiger partial charge >= 0.3 is 17.9 Å². The minimum absolute atomic E-state index is 0.0131. The van der Waals surface area contributed by atoms with Gasteiger partial charge < -0.3 is 23.9 Å². The van der Waals surface area contributed by atoms with Crippen molar-refractivity contribution in [2.24, 2.45) is 0 Å². The van der Waals surface area contributed by atoms with Gasteiger partial charge in [-0.15, -0.1) is 0 Å². The number of esters is 2. The molecule has 5 rings (SSSR count). The molecule has 5 aromatic rings. The van der Waals surface area contributed by atoms with Crippen molar-refractivity contribution in [3.63, 3.8) is 0 Å². The highest BCUT2D eigenvalue weighted by Crippen LogP contribution is 2.41. The first-order chi connectivity index (χ1) is 18.6. The van der Waals surface area contributed by atoms with Crippen molar-refractivity contribution in [2.45, 2.75) is 6.92 Å². The number of hydrogen-bond donors (Lipinski definition) is 1. The third-order valence-electron chi connectivity index (χ3n) is 6.38. The second kappa shape index (κ2) is 9.94. The number of rotatable bonds is 6. The minimum Gasteiger partial charge on any atom is -0.478 e. The number of ether oxygens (including phenoxy) is 2. The van der Waals surface area contributed by atoms with Crippen LogP contribution in [0.5, 0.6) is 0 Å². The zero-order valence-electron chi connectivity index (χ0n) is 21.3. The van der Waals surface area contributed by atoms with Crippen LogP contribution in [-0.2, 0) is 14.3 Å². The molecule has 9 nitrogen and oxygen atoms in total. The van der Waals surface area contributed by atoms with Crippen LogP contribution in [0.1, 0.15) is 27.6 Å². The molecule has 0 aliphatic carbocycles. The zero-order valence-corrected chi connectivity index (χ0v) is 21.3. The molecule has 0 saturated heterocycles. The summed E-state index contributed by atoms with van der Waals surface area (Å²) in [4.78, 5) is 49.8. The fourth-order valence-corrected chi connectivity index (χ4v) is 4.53. The first kappa shape index (κ1) is 25.5. The molecule has 196 valence electrons. The second-order valence-electron chi connectivity index (χ2n) is 9.13. The first-order valence-electron chi connectivity index (χ1n) is 11.9. The van der Waals surface area contributed by atoms with E-state index >= 15 is 0 Å². The van der Waals surface area contributed by atoms with Crippen LogP contribution in [0.15, 0.2) is 75.9 Å². The number of carboxylic acid groups (broad SMARTS) is 1. The molecule has 1 aromatic heterocycles. The van der Waals surface area contributed by atoms with Crippen molar-refractivity contribution < 1.29 is 33.4 Å². The SMILES string of the molecule is CC(=O)OCOC(=O)c1ccc(-c2c3ccc(N(C)C)cc3oc3c2ccc2cc(=O)ccc23)c(C(=O)O)c1. The first-order valence-corrected chi connectivity index (χ1v) is 11.9. The summed E-state index contributed by atoms with van der Waals surface area (Å²) in [6.45, 7) is 0.594. The van der Waals surface area contributed by atoms with Gasteiger partial charge in [0.2, 0.25) is 6.79 Å². The number of aromatic carboxylic acids is 1. The van der Waals surface area contributed by atoms with E-state index in [0.717, 1.165) is 5.69 Å². The highest BCUT2D eigenvalue weighted by molar-refractivity contribution is 6.17. The summed E-state index contributed by atoms with van der Waals surface area (Å²) in [5.74, 6) is -2.70. The molecule has 39 heavy (non-hydrogen) atoms. The highest BCUT2D eigenvalue weighted by atomic mass is 16.7. The summed E-state index contributed by atoms with van der Waals surface area (Å²) in [6.07, 6.45) is 0. The van der Waals surface area contributed by atoms with Crippen LogP contribution in [0.3, 0.4) is 0 Å². The lowest BCUT2D eigenvalue weighted by atomic mass is 9.91. The molecule has 0 saturated carbocycles. The van der Waals surface area contributed by atoms with Gasteiger partial charge in [0.15, 0.2) is 5.43 Å². The smallest absolute Gasteiger partial charge is 0.341 e. The number of carboxylic acids is 1. The Morgan fingerprint density at radius 3 is 2.33 bits per heavy atom. The van der Waals surface area contributed by atoms with Crippen LogP contribution in [0.4, 0.5) is 5.69 Å². The standard InChI is InChI=1S/C30H23NO8/c1-16(32)37-15-38-30(36)18-5-8-22(25(13-18)29(34)35)27-23-10-6-19(31(2)3)14-26(23)39-28-21-11-7-20(33)12-17(21)4-9-24(27)28/h4-14H,15H2,1-3H3,(H,34,35). The Kier molecular flexibility index (Phi) is 6.49. The van der Waals surface area contributed by atoms with E-state index in [2.05, 4.69) is 4.74 Å². The summed E-state index contributed by atoms with van der Waals surface area (Å²) in [5, 5.41) is 12.9. The number of carbonyl (C=O) groups is 3. The maximum atomic E-state index is 12.5. The van der Waals surface area contributed by atoms with Gasteiger partial charge in [-0.3, -0.25) is 9.59 Å². The van der Waals surface area contributed by atoms with Gasteiger partial charge in [-0.1, -0.05) is 12.1 Å². The van der Waals surface area contributed by atoms with E-state index in [1.165, 1.54) is 31.2 Å². The molecule has 4 aromatic carbocycles. The van der Waals surface area contributed by atoms with Gasteiger partial charge in [-0.25, -0.2) is 9.59 Å². The summed E-state index contributed by atoms with van der Waals surface area (Å²) in [6, 6.07) is 18.1. The molecule has 0 aliphatic heterocycles. The number of hydrogen-bond acceptors (Lipinski definition) is 8.